The summed E-state index contributed by atoms with van der Waals surface area (Å²) in [5, 5.41) is 17.6. The fraction of sp³-hybridized carbons (Fsp3) is 0.460. The molecule has 0 heterocycles. The van der Waals surface area contributed by atoms with E-state index in [0.717, 1.165) is 105 Å². The molecule has 0 unspecified atom stereocenters. The highest BCUT2D eigenvalue weighted by Crippen LogP contribution is 2.42. The summed E-state index contributed by atoms with van der Waals surface area (Å²) in [6.07, 6.45) is 2.93. The van der Waals surface area contributed by atoms with Crippen LogP contribution in [0.2, 0.25) is 0 Å². The van der Waals surface area contributed by atoms with Gasteiger partial charge in [-0.15, -0.1) is 0 Å². The molecule has 0 aliphatic heterocycles. The first kappa shape index (κ1) is 48.1. The minimum Gasteiger partial charge on any atom is -0.392 e. The van der Waals surface area contributed by atoms with E-state index in [0.29, 0.717) is 45.7 Å². The quantitative estimate of drug-likeness (QED) is 0.0593. The topological polar surface area (TPSA) is 80.5 Å². The van der Waals surface area contributed by atoms with Gasteiger partial charge in [-0.3, -0.25) is 4.79 Å². The van der Waals surface area contributed by atoms with Crippen LogP contribution >= 0.6 is 0 Å². The smallest absolute Gasteiger partial charge is 0.392 e. The maximum atomic E-state index is 13.7. The van der Waals surface area contributed by atoms with Gasteiger partial charge in [-0.25, -0.2) is 0 Å². The molecule has 2 fully saturated rings. The normalized spacial score (nSPS) is 15.8. The first-order chi connectivity index (χ1) is 29.7. The van der Waals surface area contributed by atoms with Crippen LogP contribution in [-0.4, -0.2) is 22.8 Å². The van der Waals surface area contributed by atoms with Gasteiger partial charge in [0.1, 0.15) is 19.5 Å². The highest BCUT2D eigenvalue weighted by molar-refractivity contribution is 5.99. The predicted molar refractivity (Wildman–Crippen MR) is 231 cm³/mol. The number of hydrogen-bond acceptors (Lipinski definition) is 6. The molecule has 62 heavy (non-hydrogen) atoms. The third-order valence-electron chi connectivity index (χ3n) is 12.0. The minimum atomic E-state index is -4.39. The maximum Gasteiger partial charge on any atom is 0.416 e. The summed E-state index contributed by atoms with van der Waals surface area (Å²) >= 11 is 0. The summed E-state index contributed by atoms with van der Waals surface area (Å²) in [6, 6.07) is 20.1. The Balaban J connectivity index is 0.000000234. The van der Waals surface area contributed by atoms with Crippen LogP contribution in [0.15, 0.2) is 83.1 Å². The number of aliphatic hydroxyl groups excluding tert-OH is 1. The van der Waals surface area contributed by atoms with E-state index in [9.17, 15) is 36.2 Å². The van der Waals surface area contributed by atoms with Crippen LogP contribution in [0.3, 0.4) is 0 Å². The van der Waals surface area contributed by atoms with Crippen LogP contribution in [0, 0.1) is 0 Å². The lowest BCUT2D eigenvalue weighted by Gasteiger charge is -2.25. The summed E-state index contributed by atoms with van der Waals surface area (Å²) < 4.78 is 82.2. The molecule has 6 nitrogen and oxygen atoms in total. The first-order valence-electron chi connectivity index (χ1n) is 21.7. The molecule has 0 amide bonds. The zero-order chi connectivity index (χ0) is 44.9. The highest BCUT2D eigenvalue weighted by atomic mass is 19.4. The number of rotatable bonds is 14. The van der Waals surface area contributed by atoms with Gasteiger partial charge < -0.3 is 14.8 Å². The number of benzene rings is 4. The number of hydrogen-bond donors (Lipinski definition) is 1. The van der Waals surface area contributed by atoms with Crippen LogP contribution in [0.5, 0.6) is 0 Å². The van der Waals surface area contributed by atoms with Crippen LogP contribution in [-0.2, 0) is 54.7 Å². The Morgan fingerprint density at radius 2 is 1.05 bits per heavy atom. The van der Waals surface area contributed by atoms with Crippen molar-refractivity contribution in [1.29, 1.82) is 0 Å². The van der Waals surface area contributed by atoms with Crippen molar-refractivity contribution in [2.45, 2.75) is 149 Å². The molecule has 6 rings (SSSR count). The fourth-order valence-corrected chi connectivity index (χ4v) is 8.52. The van der Waals surface area contributed by atoms with Crippen LogP contribution in [0.25, 0.3) is 0 Å². The largest absolute Gasteiger partial charge is 0.416 e. The molecule has 2 saturated carbocycles. The molecular formula is C50H58F6N2O4. The number of carbonyl (C=O) groups is 1. The predicted octanol–water partition coefficient (Wildman–Crippen LogP) is 13.8. The number of nitrogens with zero attached hydrogens (tertiary/aromatic N) is 2. The maximum absolute atomic E-state index is 13.7. The fourth-order valence-electron chi connectivity index (χ4n) is 8.52. The molecule has 2 aliphatic carbocycles. The van der Waals surface area contributed by atoms with Crippen molar-refractivity contribution in [2.24, 2.45) is 10.3 Å². The summed E-state index contributed by atoms with van der Waals surface area (Å²) in [4.78, 5) is 21.8. The van der Waals surface area contributed by atoms with Crippen molar-refractivity contribution in [3.05, 3.63) is 140 Å². The standard InChI is InChI=1S/C25H30F3NO2.C25H28F3NO2/c2*1-3-19-14-21(10-11-22(19)15-30)17(2)29-31-16-18-9-12-23(20-7-5-4-6-8-20)24(13-18)25(26,27)28/h9-14,20,30H,3-8,15-16H2,1-2H3;9-15,20H,3-8,16H2,1-2H3/b;29-17+. The lowest BCUT2D eigenvalue weighted by Crippen LogP contribution is -2.15. The summed E-state index contributed by atoms with van der Waals surface area (Å²) in [6.45, 7) is 7.44. The van der Waals surface area contributed by atoms with Crippen LogP contribution in [0.1, 0.15) is 175 Å². The minimum absolute atomic E-state index is 0.0183. The zero-order valence-electron chi connectivity index (χ0n) is 36.1. The molecule has 4 aromatic rings. The van der Waals surface area contributed by atoms with E-state index in [1.165, 1.54) is 12.1 Å². The lowest BCUT2D eigenvalue weighted by molar-refractivity contribution is -0.139. The van der Waals surface area contributed by atoms with E-state index in [4.69, 9.17) is 9.68 Å². The van der Waals surface area contributed by atoms with E-state index >= 15 is 0 Å². The van der Waals surface area contributed by atoms with Gasteiger partial charge in [-0.2, -0.15) is 26.3 Å². The average Bonchev–Trinajstić information content (AvgIpc) is 3.28. The van der Waals surface area contributed by atoms with Gasteiger partial charge in [0.05, 0.1) is 29.2 Å². The third-order valence-corrected chi connectivity index (χ3v) is 12.0. The van der Waals surface area contributed by atoms with Crippen molar-refractivity contribution >= 4 is 17.7 Å². The monoisotopic (exact) mass is 864 g/mol. The van der Waals surface area contributed by atoms with Crippen molar-refractivity contribution in [1.82, 2.24) is 0 Å². The Morgan fingerprint density at radius 3 is 1.45 bits per heavy atom. The summed E-state index contributed by atoms with van der Waals surface area (Å²) in [7, 11) is 0. The lowest BCUT2D eigenvalue weighted by atomic mass is 9.81. The number of carbonyl (C=O) groups excluding carboxylic acids is 1. The van der Waals surface area contributed by atoms with E-state index in [1.54, 1.807) is 50.2 Å². The van der Waals surface area contributed by atoms with Gasteiger partial charge in [-0.05, 0) is 139 Å². The van der Waals surface area contributed by atoms with Gasteiger partial charge in [0.15, 0.2) is 0 Å². The molecule has 0 radical (unpaired) electrons. The first-order valence-corrected chi connectivity index (χ1v) is 21.7. The highest BCUT2D eigenvalue weighted by Gasteiger charge is 2.37. The summed E-state index contributed by atoms with van der Waals surface area (Å²) in [5.74, 6) is -0.0435. The molecule has 0 saturated heterocycles. The Morgan fingerprint density at radius 1 is 0.613 bits per heavy atom. The molecule has 0 bridgehead atoms. The van der Waals surface area contributed by atoms with E-state index in [-0.39, 0.29) is 31.7 Å². The van der Waals surface area contributed by atoms with E-state index in [1.807, 2.05) is 38.1 Å². The van der Waals surface area contributed by atoms with E-state index in [2.05, 4.69) is 10.3 Å². The summed E-state index contributed by atoms with van der Waals surface area (Å²) in [5.41, 5.74) is 6.95. The van der Waals surface area contributed by atoms with Crippen LogP contribution < -0.4 is 0 Å². The molecule has 334 valence electrons. The van der Waals surface area contributed by atoms with Crippen molar-refractivity contribution < 1.29 is 45.9 Å². The second-order valence-corrected chi connectivity index (χ2v) is 16.3. The van der Waals surface area contributed by atoms with Crippen LogP contribution in [0.4, 0.5) is 26.3 Å². The van der Waals surface area contributed by atoms with Crippen molar-refractivity contribution in [3.63, 3.8) is 0 Å². The molecule has 12 heteroatoms. The number of halogens is 6. The Kier molecular flexibility index (Phi) is 17.4. The van der Waals surface area contributed by atoms with Gasteiger partial charge in [0.25, 0.3) is 0 Å². The van der Waals surface area contributed by atoms with Crippen molar-refractivity contribution in [2.75, 3.05) is 0 Å². The van der Waals surface area contributed by atoms with Gasteiger partial charge >= 0.3 is 12.4 Å². The second-order valence-electron chi connectivity index (χ2n) is 16.3. The van der Waals surface area contributed by atoms with Gasteiger partial charge in [0.2, 0.25) is 0 Å². The number of aldehydes is 1. The number of alkyl halides is 6. The number of aliphatic hydroxyl groups is 1. The average molecular weight is 865 g/mol. The molecule has 0 aromatic heterocycles. The molecule has 1 N–H and O–H groups in total. The number of oxime groups is 2. The Hall–Kier alpha value is -4.97. The molecule has 4 aromatic carbocycles. The SMILES string of the molecule is CCc1cc(/C(C)=N/OCc2ccc(C3CCCCC3)c(C(F)(F)F)c2)ccc1C=O.CCc1cc(C(C)=NOCc2ccc(C3CCCCC3)c(C(F)(F)F)c2)ccc1CO. The molecule has 0 atom stereocenters. The van der Waals surface area contributed by atoms with Gasteiger partial charge in [0, 0.05) is 5.56 Å². The Bertz CT molecular complexity index is 2170. The zero-order valence-corrected chi connectivity index (χ0v) is 36.1. The number of aryl methyl sites for hydroxylation is 2. The second kappa shape index (κ2) is 22.4. The molecule has 2 aliphatic rings. The Labute approximate surface area is 361 Å². The third kappa shape index (κ3) is 13.0. The molecular weight excluding hydrogens is 807 g/mol. The van der Waals surface area contributed by atoms with Gasteiger partial charge in [-0.1, -0.05) is 111 Å². The van der Waals surface area contributed by atoms with E-state index < -0.39 is 23.5 Å². The van der Waals surface area contributed by atoms with Crippen molar-refractivity contribution in [3.8, 4) is 0 Å². The molecule has 0 spiro atoms.